The maximum Gasteiger partial charge on any atom is 0.183 e. The molecule has 0 saturated carbocycles. The van der Waals surface area contributed by atoms with Crippen molar-refractivity contribution in [2.75, 3.05) is 5.73 Å². The Labute approximate surface area is 116 Å². The third kappa shape index (κ3) is 1.70. The monoisotopic (exact) mass is 263 g/mol. The molecule has 3 rings (SSSR count). The summed E-state index contributed by atoms with van der Waals surface area (Å²) in [6, 6.07) is 9.54. The van der Waals surface area contributed by atoms with Crippen molar-refractivity contribution in [3.63, 3.8) is 0 Å². The van der Waals surface area contributed by atoms with Gasteiger partial charge in [0.2, 0.25) is 0 Å². The number of hydrogen-bond donors (Lipinski definition) is 2. The van der Waals surface area contributed by atoms with Crippen LogP contribution in [0.1, 0.15) is 16.7 Å². The molecule has 3 aromatic rings. The summed E-state index contributed by atoms with van der Waals surface area (Å²) in [5.74, 6) is 0.533. The van der Waals surface area contributed by atoms with E-state index in [1.54, 1.807) is 6.07 Å². The fraction of sp³-hybridized carbons (Fsp3) is 0.133. The highest BCUT2D eigenvalue weighted by atomic mass is 15.2. The van der Waals surface area contributed by atoms with Crippen LogP contribution in [0.2, 0.25) is 0 Å². The Morgan fingerprint density at radius 1 is 1.25 bits per heavy atom. The van der Waals surface area contributed by atoms with Gasteiger partial charge in [-0.15, -0.1) is 0 Å². The van der Waals surface area contributed by atoms with Crippen LogP contribution in [0.3, 0.4) is 0 Å². The number of aromatic amines is 1. The van der Waals surface area contributed by atoms with E-state index in [0.717, 1.165) is 27.8 Å². The number of hydrogen-bond acceptors (Lipinski definition) is 4. The van der Waals surface area contributed by atoms with Crippen molar-refractivity contribution in [1.82, 2.24) is 15.2 Å². The van der Waals surface area contributed by atoms with Gasteiger partial charge in [0.1, 0.15) is 5.82 Å². The number of nitrogen functional groups attached to an aromatic ring is 1. The molecule has 0 aliphatic heterocycles. The molecule has 2 aromatic heterocycles. The number of rotatable bonds is 1. The second kappa shape index (κ2) is 4.35. The molecule has 2 heterocycles. The molecule has 0 aliphatic carbocycles. The molecule has 0 atom stereocenters. The molecular formula is C15H13N5. The Hall–Kier alpha value is -2.87. The number of aromatic nitrogens is 3. The normalized spacial score (nSPS) is 10.7. The molecule has 0 bridgehead atoms. The lowest BCUT2D eigenvalue weighted by Crippen LogP contribution is -1.95. The molecule has 0 fully saturated rings. The molecule has 0 spiro atoms. The minimum absolute atomic E-state index is 0.533. The molecule has 0 amide bonds. The van der Waals surface area contributed by atoms with Crippen LogP contribution in [0.15, 0.2) is 24.3 Å². The Morgan fingerprint density at radius 3 is 2.80 bits per heavy atom. The first-order valence-corrected chi connectivity index (χ1v) is 6.23. The number of fused-ring (bicyclic) bond motifs is 1. The van der Waals surface area contributed by atoms with Crippen LogP contribution in [-0.4, -0.2) is 15.2 Å². The van der Waals surface area contributed by atoms with Gasteiger partial charge in [-0.25, -0.2) is 4.98 Å². The van der Waals surface area contributed by atoms with E-state index in [-0.39, 0.29) is 0 Å². The van der Waals surface area contributed by atoms with Gasteiger partial charge in [0.15, 0.2) is 5.65 Å². The van der Waals surface area contributed by atoms with Crippen molar-refractivity contribution in [1.29, 1.82) is 5.26 Å². The van der Waals surface area contributed by atoms with Gasteiger partial charge in [-0.2, -0.15) is 10.4 Å². The highest BCUT2D eigenvalue weighted by molar-refractivity contribution is 5.92. The van der Waals surface area contributed by atoms with E-state index in [1.807, 2.05) is 32.0 Å². The molecular weight excluding hydrogens is 250 g/mol. The molecule has 0 unspecified atom stereocenters. The Bertz CT molecular complexity index is 855. The number of nitriles is 1. The van der Waals surface area contributed by atoms with E-state index in [0.29, 0.717) is 17.0 Å². The number of benzene rings is 1. The highest BCUT2D eigenvalue weighted by Crippen LogP contribution is 2.30. The van der Waals surface area contributed by atoms with Gasteiger partial charge in [-0.3, -0.25) is 5.10 Å². The molecule has 1 aromatic carbocycles. The first kappa shape index (κ1) is 12.2. The van der Waals surface area contributed by atoms with E-state index in [4.69, 9.17) is 11.0 Å². The second-order valence-corrected chi connectivity index (χ2v) is 4.74. The number of nitrogens with two attached hydrogens (primary N) is 1. The number of H-pyrrole nitrogens is 1. The average molecular weight is 263 g/mol. The summed E-state index contributed by atoms with van der Waals surface area (Å²) in [6.07, 6.45) is 0. The molecule has 3 N–H and O–H groups in total. The second-order valence-electron chi connectivity index (χ2n) is 4.74. The molecule has 5 heteroatoms. The van der Waals surface area contributed by atoms with E-state index in [9.17, 15) is 0 Å². The maximum absolute atomic E-state index is 9.00. The number of pyridine rings is 1. The van der Waals surface area contributed by atoms with Crippen molar-refractivity contribution < 1.29 is 0 Å². The molecule has 0 radical (unpaired) electrons. The quantitative estimate of drug-likeness (QED) is 0.706. The van der Waals surface area contributed by atoms with Crippen LogP contribution in [-0.2, 0) is 0 Å². The first-order valence-electron chi connectivity index (χ1n) is 6.23. The molecule has 0 aliphatic rings. The maximum atomic E-state index is 9.00. The molecule has 0 saturated heterocycles. The lowest BCUT2D eigenvalue weighted by atomic mass is 9.99. The molecule has 5 nitrogen and oxygen atoms in total. The predicted molar refractivity (Wildman–Crippen MR) is 77.9 cm³/mol. The molecule has 20 heavy (non-hydrogen) atoms. The van der Waals surface area contributed by atoms with E-state index < -0.39 is 0 Å². The number of nitrogens with zero attached hydrogens (tertiary/aromatic N) is 3. The van der Waals surface area contributed by atoms with Gasteiger partial charge < -0.3 is 5.73 Å². The van der Waals surface area contributed by atoms with Crippen molar-refractivity contribution in [2.45, 2.75) is 13.8 Å². The van der Waals surface area contributed by atoms with E-state index >= 15 is 0 Å². The lowest BCUT2D eigenvalue weighted by molar-refractivity contribution is 1.10. The smallest absolute Gasteiger partial charge is 0.183 e. The summed E-state index contributed by atoms with van der Waals surface area (Å²) in [5, 5.41) is 16.7. The minimum atomic E-state index is 0.533. The van der Waals surface area contributed by atoms with Crippen LogP contribution < -0.4 is 5.73 Å². The Balaban J connectivity index is 2.31. The van der Waals surface area contributed by atoms with E-state index in [2.05, 4.69) is 21.3 Å². The van der Waals surface area contributed by atoms with Gasteiger partial charge in [0.05, 0.1) is 22.7 Å². The topological polar surface area (TPSA) is 91.4 Å². The summed E-state index contributed by atoms with van der Waals surface area (Å²) in [6.45, 7) is 4.01. The summed E-state index contributed by atoms with van der Waals surface area (Å²) < 4.78 is 0. The highest BCUT2D eigenvalue weighted by Gasteiger charge is 2.14. The third-order valence-corrected chi connectivity index (χ3v) is 3.55. The molecule has 98 valence electrons. The third-order valence-electron chi connectivity index (χ3n) is 3.55. The first-order chi connectivity index (χ1) is 9.61. The number of anilines is 1. The fourth-order valence-corrected chi connectivity index (χ4v) is 2.37. The van der Waals surface area contributed by atoms with Crippen molar-refractivity contribution >= 4 is 16.9 Å². The van der Waals surface area contributed by atoms with Gasteiger partial charge in [0.25, 0.3) is 0 Å². The van der Waals surface area contributed by atoms with Crippen LogP contribution in [0.25, 0.3) is 22.3 Å². The van der Waals surface area contributed by atoms with E-state index in [1.165, 1.54) is 0 Å². The van der Waals surface area contributed by atoms with Gasteiger partial charge in [-0.05, 0) is 37.1 Å². The van der Waals surface area contributed by atoms with Gasteiger partial charge in [0, 0.05) is 5.56 Å². The zero-order chi connectivity index (χ0) is 14.3. The van der Waals surface area contributed by atoms with Crippen LogP contribution in [0.5, 0.6) is 0 Å². The number of aryl methyl sites for hydroxylation is 1. The fourth-order valence-electron chi connectivity index (χ4n) is 2.37. The van der Waals surface area contributed by atoms with Gasteiger partial charge in [-0.1, -0.05) is 12.1 Å². The summed E-state index contributed by atoms with van der Waals surface area (Å²) >= 11 is 0. The summed E-state index contributed by atoms with van der Waals surface area (Å²) in [4.78, 5) is 4.57. The largest absolute Gasteiger partial charge is 0.384 e. The minimum Gasteiger partial charge on any atom is -0.384 e. The Kier molecular flexibility index (Phi) is 2.65. The van der Waals surface area contributed by atoms with Crippen LogP contribution in [0, 0.1) is 25.2 Å². The lowest BCUT2D eigenvalue weighted by Gasteiger charge is -2.09. The predicted octanol–water partition coefficient (Wildman–Crippen LogP) is 2.70. The van der Waals surface area contributed by atoms with Crippen molar-refractivity contribution in [3.8, 4) is 17.3 Å². The van der Waals surface area contributed by atoms with Crippen LogP contribution in [0.4, 0.5) is 5.82 Å². The summed E-state index contributed by atoms with van der Waals surface area (Å²) in [7, 11) is 0. The van der Waals surface area contributed by atoms with Crippen molar-refractivity contribution in [2.24, 2.45) is 0 Å². The standard InChI is InChI=1S/C15H13N5/c1-8-9(2)13(11-5-3-4-10(6-11)7-16)18-15-12(8)14(17)19-20-15/h3-6H,1-2H3,(H3,17,18,19,20). The van der Waals surface area contributed by atoms with Gasteiger partial charge >= 0.3 is 0 Å². The zero-order valence-electron chi connectivity index (χ0n) is 11.2. The summed E-state index contributed by atoms with van der Waals surface area (Å²) in [5.41, 5.74) is 10.9. The Morgan fingerprint density at radius 2 is 2.05 bits per heavy atom. The van der Waals surface area contributed by atoms with Crippen molar-refractivity contribution in [3.05, 3.63) is 41.0 Å². The average Bonchev–Trinajstić information content (AvgIpc) is 2.84. The SMILES string of the molecule is Cc1c(-c2cccc(C#N)c2)nc2n[nH]c(N)c2c1C. The number of nitrogens with one attached hydrogen (secondary N) is 1. The van der Waals surface area contributed by atoms with Crippen LogP contribution >= 0.6 is 0 Å². The zero-order valence-corrected chi connectivity index (χ0v) is 11.2.